The number of carbonyl (C=O) groups is 3. The van der Waals surface area contributed by atoms with Gasteiger partial charge in [0.1, 0.15) is 5.82 Å². The van der Waals surface area contributed by atoms with Crippen molar-refractivity contribution in [2.45, 2.75) is 17.2 Å². The van der Waals surface area contributed by atoms with Gasteiger partial charge in [-0.3, -0.25) is 14.4 Å². The SMILES string of the molecule is CC(=O)N1CCN(C(=O)C(NC(=O)c2ccccc2Cl)S(=O)(=O)c2ccc(F)cc2)CC1. The Balaban J connectivity index is 1.93. The molecule has 0 bridgehead atoms. The maximum Gasteiger partial charge on any atom is 0.261 e. The van der Waals surface area contributed by atoms with Gasteiger partial charge in [0.05, 0.1) is 15.5 Å². The Morgan fingerprint density at radius 1 is 0.969 bits per heavy atom. The zero-order valence-corrected chi connectivity index (χ0v) is 18.7. The second-order valence-corrected chi connectivity index (χ2v) is 9.60. The summed E-state index contributed by atoms with van der Waals surface area (Å²) in [5, 5.41) is 0.412. The van der Waals surface area contributed by atoms with Crippen molar-refractivity contribution in [3.8, 4) is 0 Å². The van der Waals surface area contributed by atoms with E-state index in [2.05, 4.69) is 5.32 Å². The van der Waals surface area contributed by atoms with Gasteiger partial charge >= 0.3 is 0 Å². The highest BCUT2D eigenvalue weighted by molar-refractivity contribution is 7.92. The van der Waals surface area contributed by atoms with Crippen LogP contribution < -0.4 is 5.32 Å². The molecule has 1 atom stereocenters. The van der Waals surface area contributed by atoms with E-state index in [0.717, 1.165) is 24.3 Å². The van der Waals surface area contributed by atoms with E-state index in [0.29, 0.717) is 0 Å². The topological polar surface area (TPSA) is 104 Å². The van der Waals surface area contributed by atoms with Gasteiger partial charge in [-0.25, -0.2) is 12.8 Å². The molecule has 3 rings (SSSR count). The van der Waals surface area contributed by atoms with Crippen LogP contribution in [0.3, 0.4) is 0 Å². The summed E-state index contributed by atoms with van der Waals surface area (Å²) >= 11 is 6.04. The largest absolute Gasteiger partial charge is 0.339 e. The summed E-state index contributed by atoms with van der Waals surface area (Å²) in [5.74, 6) is -2.49. The lowest BCUT2D eigenvalue weighted by Crippen LogP contribution is -2.57. The molecule has 1 unspecified atom stereocenters. The van der Waals surface area contributed by atoms with Crippen LogP contribution in [0.2, 0.25) is 5.02 Å². The van der Waals surface area contributed by atoms with Crippen molar-refractivity contribution in [3.05, 3.63) is 64.9 Å². The van der Waals surface area contributed by atoms with Gasteiger partial charge in [-0.2, -0.15) is 0 Å². The molecule has 2 aromatic carbocycles. The minimum absolute atomic E-state index is 0.00247. The molecule has 32 heavy (non-hydrogen) atoms. The third-order valence-corrected chi connectivity index (χ3v) is 7.29. The molecule has 1 N–H and O–H groups in total. The average Bonchev–Trinajstić information content (AvgIpc) is 2.77. The standard InChI is InChI=1S/C21H21ClFN3O5S/c1-14(27)25-10-12-26(13-11-25)21(29)20(24-19(28)17-4-2-3-5-18(17)22)32(30,31)16-8-6-15(23)7-9-16/h2-9,20H,10-13H2,1H3,(H,24,28). The number of hydrogen-bond acceptors (Lipinski definition) is 5. The first-order chi connectivity index (χ1) is 15.1. The van der Waals surface area contributed by atoms with Gasteiger partial charge in [0, 0.05) is 33.1 Å². The Morgan fingerprint density at radius 3 is 2.09 bits per heavy atom. The molecule has 1 aliphatic rings. The van der Waals surface area contributed by atoms with Gasteiger partial charge in [0.2, 0.25) is 21.1 Å². The Bertz CT molecular complexity index is 1130. The Kier molecular flexibility index (Phi) is 7.15. The Morgan fingerprint density at radius 2 is 1.53 bits per heavy atom. The average molecular weight is 482 g/mol. The predicted octanol–water partition coefficient (Wildman–Crippen LogP) is 1.70. The zero-order valence-electron chi connectivity index (χ0n) is 17.1. The van der Waals surface area contributed by atoms with Crippen molar-refractivity contribution >= 4 is 39.2 Å². The number of benzene rings is 2. The molecule has 1 aliphatic heterocycles. The quantitative estimate of drug-likeness (QED) is 0.655. The lowest BCUT2D eigenvalue weighted by atomic mass is 10.2. The summed E-state index contributed by atoms with van der Waals surface area (Å²) in [7, 11) is -4.43. The first kappa shape index (κ1) is 23.7. The van der Waals surface area contributed by atoms with E-state index in [9.17, 15) is 27.2 Å². The number of piperazine rings is 1. The maximum absolute atomic E-state index is 13.3. The third-order valence-electron chi connectivity index (χ3n) is 5.09. The van der Waals surface area contributed by atoms with E-state index in [4.69, 9.17) is 11.6 Å². The molecule has 0 saturated carbocycles. The summed E-state index contributed by atoms with van der Waals surface area (Å²) in [5.41, 5.74) is 0.00247. The van der Waals surface area contributed by atoms with Crippen LogP contribution >= 0.6 is 11.6 Å². The maximum atomic E-state index is 13.3. The molecular weight excluding hydrogens is 461 g/mol. The fraction of sp³-hybridized carbons (Fsp3) is 0.286. The van der Waals surface area contributed by atoms with E-state index < -0.39 is 32.8 Å². The second-order valence-electron chi connectivity index (χ2n) is 7.16. The molecule has 1 fully saturated rings. The molecule has 1 heterocycles. The Hall–Kier alpha value is -2.98. The van der Waals surface area contributed by atoms with Crippen molar-refractivity contribution in [2.75, 3.05) is 26.2 Å². The molecular formula is C21H21ClFN3O5S. The van der Waals surface area contributed by atoms with Gasteiger partial charge in [-0.05, 0) is 36.4 Å². The Labute approximate surface area is 189 Å². The van der Waals surface area contributed by atoms with E-state index >= 15 is 0 Å². The third kappa shape index (κ3) is 5.08. The van der Waals surface area contributed by atoms with Crippen LogP contribution in [0.1, 0.15) is 17.3 Å². The molecule has 0 aromatic heterocycles. The van der Waals surface area contributed by atoms with Gasteiger partial charge in [-0.1, -0.05) is 23.7 Å². The summed E-state index contributed by atoms with van der Waals surface area (Å²) in [6.45, 7) is 2.10. The van der Waals surface area contributed by atoms with E-state index in [1.807, 2.05) is 0 Å². The molecule has 0 spiro atoms. The van der Waals surface area contributed by atoms with Crippen LogP contribution in [-0.4, -0.2) is 67.5 Å². The molecule has 2 aromatic rings. The molecule has 0 radical (unpaired) electrons. The van der Waals surface area contributed by atoms with Crippen LogP contribution in [0.5, 0.6) is 0 Å². The first-order valence-electron chi connectivity index (χ1n) is 9.70. The summed E-state index contributed by atoms with van der Waals surface area (Å²) < 4.78 is 39.9. The highest BCUT2D eigenvalue weighted by atomic mass is 35.5. The number of rotatable bonds is 5. The summed E-state index contributed by atoms with van der Waals surface area (Å²) in [4.78, 5) is 40.1. The van der Waals surface area contributed by atoms with Crippen molar-refractivity contribution in [3.63, 3.8) is 0 Å². The van der Waals surface area contributed by atoms with Crippen LogP contribution in [0.15, 0.2) is 53.4 Å². The van der Waals surface area contributed by atoms with Crippen LogP contribution in [0.25, 0.3) is 0 Å². The summed E-state index contributed by atoms with van der Waals surface area (Å²) in [6.07, 6.45) is 0. The summed E-state index contributed by atoms with van der Waals surface area (Å²) in [6, 6.07) is 9.98. The highest BCUT2D eigenvalue weighted by Crippen LogP contribution is 2.20. The second kappa shape index (κ2) is 9.66. The normalized spacial score (nSPS) is 15.2. The highest BCUT2D eigenvalue weighted by Gasteiger charge is 2.39. The van der Waals surface area contributed by atoms with E-state index in [1.165, 1.54) is 28.9 Å². The van der Waals surface area contributed by atoms with Crippen LogP contribution in [-0.2, 0) is 19.4 Å². The number of hydrogen-bond donors (Lipinski definition) is 1. The number of sulfone groups is 1. The van der Waals surface area contributed by atoms with Crippen molar-refractivity contribution < 1.29 is 27.2 Å². The minimum atomic E-state index is -4.43. The number of carbonyl (C=O) groups excluding carboxylic acids is 3. The number of halogens is 2. The number of nitrogens with one attached hydrogen (secondary N) is 1. The fourth-order valence-corrected chi connectivity index (χ4v) is 4.97. The molecule has 0 aliphatic carbocycles. The smallest absolute Gasteiger partial charge is 0.261 e. The molecule has 8 nitrogen and oxygen atoms in total. The molecule has 1 saturated heterocycles. The molecule has 170 valence electrons. The molecule has 3 amide bonds. The monoisotopic (exact) mass is 481 g/mol. The van der Waals surface area contributed by atoms with Crippen LogP contribution in [0.4, 0.5) is 4.39 Å². The molecule has 11 heteroatoms. The predicted molar refractivity (Wildman–Crippen MR) is 115 cm³/mol. The lowest BCUT2D eigenvalue weighted by Gasteiger charge is -2.36. The van der Waals surface area contributed by atoms with Crippen LogP contribution in [0, 0.1) is 5.82 Å². The number of nitrogens with zero attached hydrogens (tertiary/aromatic N) is 2. The van der Waals surface area contributed by atoms with Crippen molar-refractivity contribution in [1.82, 2.24) is 15.1 Å². The van der Waals surface area contributed by atoms with Gasteiger partial charge < -0.3 is 15.1 Å². The first-order valence-corrected chi connectivity index (χ1v) is 11.6. The van der Waals surface area contributed by atoms with Crippen molar-refractivity contribution in [2.24, 2.45) is 0 Å². The van der Waals surface area contributed by atoms with Gasteiger partial charge in [0.25, 0.3) is 11.8 Å². The van der Waals surface area contributed by atoms with Crippen molar-refractivity contribution in [1.29, 1.82) is 0 Å². The van der Waals surface area contributed by atoms with E-state index in [-0.39, 0.29) is 47.6 Å². The van der Waals surface area contributed by atoms with Gasteiger partial charge in [-0.15, -0.1) is 0 Å². The zero-order chi connectivity index (χ0) is 23.5. The van der Waals surface area contributed by atoms with Gasteiger partial charge in [0.15, 0.2) is 0 Å². The minimum Gasteiger partial charge on any atom is -0.339 e. The lowest BCUT2D eigenvalue weighted by molar-refractivity contribution is -0.138. The number of amides is 3. The van der Waals surface area contributed by atoms with E-state index in [1.54, 1.807) is 12.1 Å². The fourth-order valence-electron chi connectivity index (χ4n) is 3.28.